The van der Waals surface area contributed by atoms with Crippen LogP contribution in [-0.4, -0.2) is 65.6 Å². The van der Waals surface area contributed by atoms with E-state index in [4.69, 9.17) is 4.74 Å². The van der Waals surface area contributed by atoms with Crippen LogP contribution in [0.15, 0.2) is 18.6 Å². The van der Waals surface area contributed by atoms with Crippen LogP contribution in [0.25, 0.3) is 0 Å². The number of ether oxygens (including phenoxy) is 1. The molecule has 0 unspecified atom stereocenters. The molecule has 19 heavy (non-hydrogen) atoms. The SMILES string of the molecule is C[C@H](c1ccncn1)N(C)C(=O)CN1CCOCC1. The summed E-state index contributed by atoms with van der Waals surface area (Å²) < 4.78 is 5.28. The predicted molar refractivity (Wildman–Crippen MR) is 70.5 cm³/mol. The van der Waals surface area contributed by atoms with Crippen molar-refractivity contribution in [1.82, 2.24) is 19.8 Å². The quantitative estimate of drug-likeness (QED) is 0.784. The molecule has 0 saturated carbocycles. The Kier molecular flexibility index (Phi) is 4.81. The highest BCUT2D eigenvalue weighted by Crippen LogP contribution is 2.15. The van der Waals surface area contributed by atoms with E-state index < -0.39 is 0 Å². The van der Waals surface area contributed by atoms with Gasteiger partial charge in [-0.15, -0.1) is 0 Å². The maximum absolute atomic E-state index is 12.2. The van der Waals surface area contributed by atoms with Crippen LogP contribution in [-0.2, 0) is 9.53 Å². The van der Waals surface area contributed by atoms with E-state index in [9.17, 15) is 4.79 Å². The molecule has 1 atom stereocenters. The topological polar surface area (TPSA) is 58.6 Å². The van der Waals surface area contributed by atoms with Crippen LogP contribution in [0.4, 0.5) is 0 Å². The molecule has 1 aromatic rings. The molecule has 6 nitrogen and oxygen atoms in total. The summed E-state index contributed by atoms with van der Waals surface area (Å²) in [4.78, 5) is 24.2. The Morgan fingerprint density at radius 1 is 1.53 bits per heavy atom. The van der Waals surface area contributed by atoms with Gasteiger partial charge in [0.05, 0.1) is 31.5 Å². The lowest BCUT2D eigenvalue weighted by Gasteiger charge is -2.30. The zero-order valence-electron chi connectivity index (χ0n) is 11.5. The van der Waals surface area contributed by atoms with Crippen LogP contribution in [0.3, 0.4) is 0 Å². The van der Waals surface area contributed by atoms with Crippen molar-refractivity contribution >= 4 is 5.91 Å². The predicted octanol–water partition coefficient (Wildman–Crippen LogP) is 0.328. The molecule has 1 aromatic heterocycles. The molecular weight excluding hydrogens is 244 g/mol. The van der Waals surface area contributed by atoms with Gasteiger partial charge in [-0.05, 0) is 13.0 Å². The minimum atomic E-state index is -0.0449. The lowest BCUT2D eigenvalue weighted by atomic mass is 10.2. The second-order valence-electron chi connectivity index (χ2n) is 4.70. The Hall–Kier alpha value is -1.53. The lowest BCUT2D eigenvalue weighted by molar-refractivity contribution is -0.134. The number of aromatic nitrogens is 2. The van der Waals surface area contributed by atoms with Gasteiger partial charge in [0.15, 0.2) is 0 Å². The van der Waals surface area contributed by atoms with Gasteiger partial charge in [-0.1, -0.05) is 0 Å². The summed E-state index contributed by atoms with van der Waals surface area (Å²) in [5.41, 5.74) is 0.854. The van der Waals surface area contributed by atoms with Crippen molar-refractivity contribution in [2.45, 2.75) is 13.0 Å². The van der Waals surface area contributed by atoms with Crippen LogP contribution >= 0.6 is 0 Å². The van der Waals surface area contributed by atoms with Crippen LogP contribution in [0.2, 0.25) is 0 Å². The van der Waals surface area contributed by atoms with Gasteiger partial charge in [-0.2, -0.15) is 0 Å². The first-order valence-corrected chi connectivity index (χ1v) is 6.50. The number of hydrogen-bond acceptors (Lipinski definition) is 5. The van der Waals surface area contributed by atoms with E-state index in [2.05, 4.69) is 14.9 Å². The molecule has 104 valence electrons. The molecular formula is C13H20N4O2. The first-order valence-electron chi connectivity index (χ1n) is 6.50. The van der Waals surface area contributed by atoms with E-state index in [0.717, 1.165) is 18.8 Å². The average Bonchev–Trinajstić information content (AvgIpc) is 2.47. The number of carbonyl (C=O) groups is 1. The summed E-state index contributed by atoms with van der Waals surface area (Å²) in [5, 5.41) is 0. The number of amides is 1. The first-order chi connectivity index (χ1) is 9.18. The van der Waals surface area contributed by atoms with E-state index in [1.807, 2.05) is 20.0 Å². The number of nitrogens with zero attached hydrogens (tertiary/aromatic N) is 4. The van der Waals surface area contributed by atoms with Crippen LogP contribution in [0.5, 0.6) is 0 Å². The number of rotatable bonds is 4. The standard InChI is InChI=1S/C13H20N4O2/c1-11(12-3-4-14-10-15-12)16(2)13(18)9-17-5-7-19-8-6-17/h3-4,10-11H,5-9H2,1-2H3/t11-/m1/s1. The highest BCUT2D eigenvalue weighted by Gasteiger charge is 2.21. The molecule has 0 N–H and O–H groups in total. The molecule has 6 heteroatoms. The minimum absolute atomic E-state index is 0.0449. The molecule has 0 radical (unpaired) electrons. The monoisotopic (exact) mass is 264 g/mol. The molecule has 1 aliphatic heterocycles. The van der Waals surface area contributed by atoms with E-state index in [0.29, 0.717) is 19.8 Å². The zero-order chi connectivity index (χ0) is 13.7. The van der Waals surface area contributed by atoms with Crippen molar-refractivity contribution in [2.24, 2.45) is 0 Å². The van der Waals surface area contributed by atoms with E-state index in [1.54, 1.807) is 11.1 Å². The van der Waals surface area contributed by atoms with Gasteiger partial charge in [-0.3, -0.25) is 9.69 Å². The third-order valence-corrected chi connectivity index (χ3v) is 3.47. The Morgan fingerprint density at radius 2 is 2.26 bits per heavy atom. The maximum atomic E-state index is 12.2. The summed E-state index contributed by atoms with van der Waals surface area (Å²) in [6, 6.07) is 1.79. The van der Waals surface area contributed by atoms with Gasteiger partial charge >= 0.3 is 0 Å². The number of morpholine rings is 1. The average molecular weight is 264 g/mol. The minimum Gasteiger partial charge on any atom is -0.379 e. The van der Waals surface area contributed by atoms with Gasteiger partial charge in [0.25, 0.3) is 0 Å². The normalized spacial score (nSPS) is 18.0. The van der Waals surface area contributed by atoms with Gasteiger partial charge in [-0.25, -0.2) is 9.97 Å². The molecule has 1 amide bonds. The summed E-state index contributed by atoms with van der Waals surface area (Å²) in [5.74, 6) is 0.105. The zero-order valence-corrected chi connectivity index (χ0v) is 11.5. The third-order valence-electron chi connectivity index (χ3n) is 3.47. The molecule has 2 rings (SSSR count). The first kappa shape index (κ1) is 13.9. The molecule has 2 heterocycles. The van der Waals surface area contributed by atoms with Crippen molar-refractivity contribution in [3.8, 4) is 0 Å². The Bertz CT molecular complexity index is 406. The summed E-state index contributed by atoms with van der Waals surface area (Å²) >= 11 is 0. The fourth-order valence-corrected chi connectivity index (χ4v) is 2.02. The van der Waals surface area contributed by atoms with Crippen LogP contribution in [0, 0.1) is 0 Å². The molecule has 0 bridgehead atoms. The van der Waals surface area contributed by atoms with Crippen molar-refractivity contribution < 1.29 is 9.53 Å². The van der Waals surface area contributed by atoms with Crippen LogP contribution in [0.1, 0.15) is 18.7 Å². The summed E-state index contributed by atoms with van der Waals surface area (Å²) in [6.07, 6.45) is 3.20. The number of hydrogen-bond donors (Lipinski definition) is 0. The smallest absolute Gasteiger partial charge is 0.237 e. The molecule has 1 saturated heterocycles. The van der Waals surface area contributed by atoms with Crippen LogP contribution < -0.4 is 0 Å². The van der Waals surface area contributed by atoms with Gasteiger partial charge in [0, 0.05) is 26.3 Å². The maximum Gasteiger partial charge on any atom is 0.237 e. The van der Waals surface area contributed by atoms with Gasteiger partial charge in [0.2, 0.25) is 5.91 Å². The lowest BCUT2D eigenvalue weighted by Crippen LogP contribution is -2.44. The Morgan fingerprint density at radius 3 is 2.89 bits per heavy atom. The molecule has 1 fully saturated rings. The highest BCUT2D eigenvalue weighted by molar-refractivity contribution is 5.78. The Labute approximate surface area is 113 Å². The van der Waals surface area contributed by atoms with Gasteiger partial charge < -0.3 is 9.64 Å². The largest absolute Gasteiger partial charge is 0.379 e. The molecule has 0 aliphatic carbocycles. The van der Waals surface area contributed by atoms with Crippen molar-refractivity contribution in [2.75, 3.05) is 39.9 Å². The summed E-state index contributed by atoms with van der Waals surface area (Å²) in [6.45, 7) is 5.47. The summed E-state index contributed by atoms with van der Waals surface area (Å²) in [7, 11) is 1.82. The van der Waals surface area contributed by atoms with Crippen molar-refractivity contribution in [1.29, 1.82) is 0 Å². The second kappa shape index (κ2) is 6.58. The second-order valence-corrected chi connectivity index (χ2v) is 4.70. The number of likely N-dealkylation sites (N-methyl/N-ethyl adjacent to an activating group) is 1. The molecule has 0 aromatic carbocycles. The van der Waals surface area contributed by atoms with E-state index in [-0.39, 0.29) is 11.9 Å². The van der Waals surface area contributed by atoms with Crippen molar-refractivity contribution in [3.63, 3.8) is 0 Å². The third kappa shape index (κ3) is 3.71. The molecule has 0 spiro atoms. The highest BCUT2D eigenvalue weighted by atomic mass is 16.5. The van der Waals surface area contributed by atoms with E-state index in [1.165, 1.54) is 6.33 Å². The van der Waals surface area contributed by atoms with Gasteiger partial charge in [0.1, 0.15) is 6.33 Å². The van der Waals surface area contributed by atoms with Crippen molar-refractivity contribution in [3.05, 3.63) is 24.3 Å². The fraction of sp³-hybridized carbons (Fsp3) is 0.615. The number of carbonyl (C=O) groups excluding carboxylic acids is 1. The van der Waals surface area contributed by atoms with E-state index >= 15 is 0 Å². The molecule has 1 aliphatic rings. The fourth-order valence-electron chi connectivity index (χ4n) is 2.02. The Balaban J connectivity index is 1.91.